The van der Waals surface area contributed by atoms with Gasteiger partial charge in [-0.15, -0.1) is 0 Å². The number of amides is 1. The lowest BCUT2D eigenvalue weighted by molar-refractivity contribution is -0.156. The first-order chi connectivity index (χ1) is 16.8. The predicted octanol–water partition coefficient (Wildman–Crippen LogP) is 2.75. The van der Waals surface area contributed by atoms with Gasteiger partial charge in [-0.1, -0.05) is 36.4 Å². The number of fused-ring (bicyclic) bond motifs is 1. The lowest BCUT2D eigenvalue weighted by Crippen LogP contribution is -2.63. The second-order valence-corrected chi connectivity index (χ2v) is 8.09. The van der Waals surface area contributed by atoms with Gasteiger partial charge in [-0.3, -0.25) is 14.9 Å². The zero-order valence-corrected chi connectivity index (χ0v) is 19.9. The van der Waals surface area contributed by atoms with E-state index in [4.69, 9.17) is 15.7 Å². The normalized spacial score (nSPS) is 13.3. The van der Waals surface area contributed by atoms with Gasteiger partial charge in [0.2, 0.25) is 0 Å². The number of ketones is 1. The Kier molecular flexibility index (Phi) is 7.97. The fourth-order valence-electron chi connectivity index (χ4n) is 4.09. The highest BCUT2D eigenvalue weighted by Crippen LogP contribution is 2.30. The van der Waals surface area contributed by atoms with E-state index in [1.807, 2.05) is 6.07 Å². The quantitative estimate of drug-likeness (QED) is 0.322. The van der Waals surface area contributed by atoms with Crippen LogP contribution in [0, 0.1) is 11.3 Å². The Morgan fingerprint density at radius 1 is 1.11 bits per heavy atom. The lowest BCUT2D eigenvalue weighted by Gasteiger charge is -2.34. The third-order valence-corrected chi connectivity index (χ3v) is 6.06. The summed E-state index contributed by atoms with van der Waals surface area (Å²) >= 11 is 0. The number of rotatable bonds is 9. The fourth-order valence-corrected chi connectivity index (χ4v) is 4.09. The summed E-state index contributed by atoms with van der Waals surface area (Å²) in [6, 6.07) is 18.6. The van der Waals surface area contributed by atoms with Gasteiger partial charge < -0.3 is 15.8 Å². The minimum Gasteiger partial charge on any atom is -0.464 e. The Bertz CT molecular complexity index is 1300. The van der Waals surface area contributed by atoms with Gasteiger partial charge in [0.25, 0.3) is 5.91 Å². The SMILES string of the molecule is CCOC(=O)C(NC)(C(C)=O)C(N)c1ccc2c(C(=O)NCc3ccc(C#N)cc3)cccc2c1. The molecule has 0 spiro atoms. The molecule has 8 heteroatoms. The van der Waals surface area contributed by atoms with Crippen molar-refractivity contribution in [2.24, 2.45) is 5.73 Å². The molecule has 3 rings (SSSR count). The fraction of sp³-hybridized carbons (Fsp3) is 0.259. The van der Waals surface area contributed by atoms with E-state index in [1.54, 1.807) is 61.5 Å². The number of esters is 1. The number of hydrogen-bond donors (Lipinski definition) is 3. The monoisotopic (exact) mass is 472 g/mol. The van der Waals surface area contributed by atoms with E-state index in [0.29, 0.717) is 28.6 Å². The highest BCUT2D eigenvalue weighted by molar-refractivity contribution is 6.09. The molecule has 0 radical (unpaired) electrons. The van der Waals surface area contributed by atoms with Crippen molar-refractivity contribution in [3.8, 4) is 6.07 Å². The molecule has 0 fully saturated rings. The van der Waals surface area contributed by atoms with E-state index < -0.39 is 23.3 Å². The van der Waals surface area contributed by atoms with Gasteiger partial charge in [0.1, 0.15) is 0 Å². The molecule has 0 saturated carbocycles. The van der Waals surface area contributed by atoms with E-state index in [-0.39, 0.29) is 12.5 Å². The summed E-state index contributed by atoms with van der Waals surface area (Å²) in [7, 11) is 1.50. The second-order valence-electron chi connectivity index (χ2n) is 8.09. The average Bonchev–Trinajstić information content (AvgIpc) is 2.87. The number of nitrogens with one attached hydrogen (secondary N) is 2. The summed E-state index contributed by atoms with van der Waals surface area (Å²) in [5, 5.41) is 16.0. The van der Waals surface area contributed by atoms with Crippen LogP contribution in [0.2, 0.25) is 0 Å². The van der Waals surface area contributed by atoms with Crippen molar-refractivity contribution in [2.45, 2.75) is 32.0 Å². The van der Waals surface area contributed by atoms with Crippen LogP contribution in [0.3, 0.4) is 0 Å². The van der Waals surface area contributed by atoms with Crippen molar-refractivity contribution < 1.29 is 19.1 Å². The van der Waals surface area contributed by atoms with E-state index in [1.165, 1.54) is 14.0 Å². The van der Waals surface area contributed by atoms with Gasteiger partial charge >= 0.3 is 5.97 Å². The van der Waals surface area contributed by atoms with E-state index in [0.717, 1.165) is 10.9 Å². The number of nitriles is 1. The molecule has 0 aliphatic heterocycles. The van der Waals surface area contributed by atoms with Crippen LogP contribution in [0.15, 0.2) is 60.7 Å². The van der Waals surface area contributed by atoms with E-state index in [2.05, 4.69) is 16.7 Å². The number of likely N-dealkylation sites (N-methyl/N-ethyl adjacent to an activating group) is 1. The molecule has 8 nitrogen and oxygen atoms in total. The molecule has 0 aliphatic carbocycles. The summed E-state index contributed by atoms with van der Waals surface area (Å²) < 4.78 is 5.15. The molecule has 2 atom stereocenters. The maximum absolute atomic E-state index is 12.9. The molecule has 0 saturated heterocycles. The summed E-state index contributed by atoms with van der Waals surface area (Å²) in [4.78, 5) is 38.2. The third kappa shape index (κ3) is 5.06. The number of nitrogens with zero attached hydrogens (tertiary/aromatic N) is 1. The zero-order chi connectivity index (χ0) is 25.6. The molecular weight excluding hydrogens is 444 g/mol. The summed E-state index contributed by atoms with van der Waals surface area (Å²) in [6.45, 7) is 3.38. The standard InChI is InChI=1S/C27H28N4O4/c1-4-35-26(34)27(30-3,17(2)32)24(29)21-12-13-22-20(14-21)6-5-7-23(22)25(33)31-16-19-10-8-18(15-28)9-11-19/h5-14,24,30H,4,16,29H2,1-3H3,(H,31,33). The molecule has 4 N–H and O–H groups in total. The third-order valence-electron chi connectivity index (χ3n) is 6.06. The van der Waals surface area contributed by atoms with Crippen molar-refractivity contribution in [3.05, 3.63) is 82.9 Å². The Balaban J connectivity index is 1.90. The maximum atomic E-state index is 12.9. The Morgan fingerprint density at radius 3 is 2.43 bits per heavy atom. The van der Waals surface area contributed by atoms with Crippen molar-refractivity contribution >= 4 is 28.4 Å². The molecule has 0 aliphatic rings. The Labute approximate surface area is 204 Å². The largest absolute Gasteiger partial charge is 0.464 e. The molecule has 3 aromatic rings. The first kappa shape index (κ1) is 25.6. The lowest BCUT2D eigenvalue weighted by atomic mass is 9.82. The molecule has 0 heterocycles. The molecule has 3 aromatic carbocycles. The van der Waals surface area contributed by atoms with Gasteiger partial charge in [-0.05, 0) is 67.1 Å². The molecule has 35 heavy (non-hydrogen) atoms. The van der Waals surface area contributed by atoms with Crippen LogP contribution >= 0.6 is 0 Å². The topological polar surface area (TPSA) is 134 Å². The zero-order valence-electron chi connectivity index (χ0n) is 19.9. The average molecular weight is 473 g/mol. The van der Waals surface area contributed by atoms with Gasteiger partial charge in [-0.2, -0.15) is 5.26 Å². The van der Waals surface area contributed by atoms with Gasteiger partial charge in [-0.25, -0.2) is 4.79 Å². The smallest absolute Gasteiger partial charge is 0.336 e. The predicted molar refractivity (Wildman–Crippen MR) is 132 cm³/mol. The molecule has 1 amide bonds. The van der Waals surface area contributed by atoms with Crippen LogP contribution in [-0.2, 0) is 20.9 Å². The Morgan fingerprint density at radius 2 is 1.83 bits per heavy atom. The highest BCUT2D eigenvalue weighted by Gasteiger charge is 2.49. The van der Waals surface area contributed by atoms with Crippen LogP contribution in [0.25, 0.3) is 10.8 Å². The van der Waals surface area contributed by atoms with E-state index >= 15 is 0 Å². The number of hydrogen-bond acceptors (Lipinski definition) is 7. The van der Waals surface area contributed by atoms with E-state index in [9.17, 15) is 14.4 Å². The van der Waals surface area contributed by atoms with Gasteiger partial charge in [0, 0.05) is 12.1 Å². The number of Topliss-reactive ketones (excluding diaryl/α,β-unsaturated/α-hetero) is 1. The minimum absolute atomic E-state index is 0.112. The first-order valence-corrected chi connectivity index (χ1v) is 11.2. The first-order valence-electron chi connectivity index (χ1n) is 11.2. The van der Waals surface area contributed by atoms with Crippen LogP contribution in [0.1, 0.15) is 46.9 Å². The number of carbonyl (C=O) groups excluding carboxylic acids is 3. The highest BCUT2D eigenvalue weighted by atomic mass is 16.5. The number of benzene rings is 3. The molecule has 2 unspecified atom stereocenters. The van der Waals surface area contributed by atoms with Gasteiger partial charge in [0.05, 0.1) is 24.3 Å². The number of ether oxygens (including phenoxy) is 1. The number of carbonyl (C=O) groups is 3. The molecule has 180 valence electrons. The van der Waals surface area contributed by atoms with Gasteiger partial charge in [0.15, 0.2) is 11.3 Å². The summed E-state index contributed by atoms with van der Waals surface area (Å²) in [5.74, 6) is -1.45. The minimum atomic E-state index is -1.74. The molecule has 0 aromatic heterocycles. The van der Waals surface area contributed by atoms with Crippen molar-refractivity contribution in [2.75, 3.05) is 13.7 Å². The van der Waals surface area contributed by atoms with Crippen molar-refractivity contribution in [1.29, 1.82) is 5.26 Å². The summed E-state index contributed by atoms with van der Waals surface area (Å²) in [6.07, 6.45) is 0. The number of nitrogens with two attached hydrogens (primary N) is 1. The second kappa shape index (κ2) is 10.9. The van der Waals surface area contributed by atoms with Crippen LogP contribution in [0.5, 0.6) is 0 Å². The van der Waals surface area contributed by atoms with Crippen LogP contribution in [0.4, 0.5) is 0 Å². The van der Waals surface area contributed by atoms with Crippen molar-refractivity contribution in [1.82, 2.24) is 10.6 Å². The maximum Gasteiger partial charge on any atom is 0.336 e. The van der Waals surface area contributed by atoms with Crippen molar-refractivity contribution in [3.63, 3.8) is 0 Å². The van der Waals surface area contributed by atoms with Crippen LogP contribution in [-0.4, -0.2) is 36.9 Å². The molecule has 0 bridgehead atoms. The van der Waals surface area contributed by atoms with Crippen LogP contribution < -0.4 is 16.4 Å². The molecular formula is C27H28N4O4. The summed E-state index contributed by atoms with van der Waals surface area (Å²) in [5.41, 5.74) is 7.17. The Hall–Kier alpha value is -4.06.